The molecule has 3 aromatic rings. The van der Waals surface area contributed by atoms with E-state index in [1.54, 1.807) is 0 Å². The number of benzene rings is 3. The summed E-state index contributed by atoms with van der Waals surface area (Å²) in [6.45, 7) is 11.0. The van der Waals surface area contributed by atoms with Crippen LogP contribution in [0.2, 0.25) is 0 Å². The van der Waals surface area contributed by atoms with E-state index in [0.29, 0.717) is 19.4 Å². The molecule has 0 saturated carbocycles. The van der Waals surface area contributed by atoms with Gasteiger partial charge in [0.05, 0.1) is 41.2 Å². The maximum atomic E-state index is 14.4. The summed E-state index contributed by atoms with van der Waals surface area (Å²) in [6, 6.07) is 23.6. The minimum absolute atomic E-state index is 0.119. The number of aryl methyl sites for hydroxylation is 2. The van der Waals surface area contributed by atoms with Crippen molar-refractivity contribution in [3.63, 3.8) is 0 Å². The third-order valence-electron chi connectivity index (χ3n) is 9.16. The van der Waals surface area contributed by atoms with Gasteiger partial charge >= 0.3 is 0 Å². The summed E-state index contributed by atoms with van der Waals surface area (Å²) in [7, 11) is 0. The normalized spacial score (nSPS) is 18.6. The third-order valence-corrected chi connectivity index (χ3v) is 9.16. The standard InChI is InChI=1S/C39H48N4O3/c1-6-9-10-11-12-13-26-46-32-24-18-29(19-25-32)35(36-33(7-2)40-42(38(36)44)30-20-14-27(4)15-21-30)37-34(8-3)41-43(39(37)45)31-22-16-28(5)17-23-31/h14-25,35-37H,6-13,26H2,1-5H3. The zero-order chi connectivity index (χ0) is 32.6. The Balaban J connectivity index is 1.46. The lowest BCUT2D eigenvalue weighted by molar-refractivity contribution is -0.122. The number of unbranched alkanes of at least 4 members (excludes halogenated alkanes) is 5. The van der Waals surface area contributed by atoms with Crippen LogP contribution in [0, 0.1) is 25.7 Å². The summed E-state index contributed by atoms with van der Waals surface area (Å²) in [5.41, 5.74) is 6.13. The van der Waals surface area contributed by atoms with Gasteiger partial charge in [0.25, 0.3) is 11.8 Å². The van der Waals surface area contributed by atoms with Gasteiger partial charge in [-0.2, -0.15) is 10.2 Å². The van der Waals surface area contributed by atoms with Crippen molar-refractivity contribution in [3.8, 4) is 5.75 Å². The number of amides is 2. The molecule has 2 heterocycles. The zero-order valence-corrected chi connectivity index (χ0v) is 28.0. The molecule has 7 heteroatoms. The molecule has 2 atom stereocenters. The highest BCUT2D eigenvalue weighted by Gasteiger charge is 2.51. The van der Waals surface area contributed by atoms with E-state index in [1.807, 2.05) is 100 Å². The van der Waals surface area contributed by atoms with E-state index in [9.17, 15) is 9.59 Å². The van der Waals surface area contributed by atoms with Crippen molar-refractivity contribution in [2.45, 2.75) is 91.9 Å². The minimum atomic E-state index is -0.607. The molecule has 242 valence electrons. The van der Waals surface area contributed by atoms with Crippen LogP contribution in [0.1, 0.15) is 94.7 Å². The molecule has 0 N–H and O–H groups in total. The van der Waals surface area contributed by atoms with E-state index in [4.69, 9.17) is 14.9 Å². The summed E-state index contributed by atoms with van der Waals surface area (Å²) < 4.78 is 6.10. The Morgan fingerprint density at radius 1 is 0.630 bits per heavy atom. The number of rotatable bonds is 15. The molecule has 0 saturated heterocycles. The second kappa shape index (κ2) is 15.4. The van der Waals surface area contributed by atoms with Crippen molar-refractivity contribution >= 4 is 34.6 Å². The predicted molar refractivity (Wildman–Crippen MR) is 188 cm³/mol. The number of nitrogens with zero attached hydrogens (tertiary/aromatic N) is 4. The van der Waals surface area contributed by atoms with Crippen LogP contribution in [0.4, 0.5) is 11.4 Å². The fraction of sp³-hybridized carbons (Fsp3) is 0.436. The highest BCUT2D eigenvalue weighted by Crippen LogP contribution is 2.44. The molecular formula is C39H48N4O3. The van der Waals surface area contributed by atoms with Crippen molar-refractivity contribution in [3.05, 3.63) is 89.5 Å². The molecule has 2 unspecified atom stereocenters. The fourth-order valence-corrected chi connectivity index (χ4v) is 6.51. The van der Waals surface area contributed by atoms with Crippen LogP contribution < -0.4 is 14.8 Å². The van der Waals surface area contributed by atoms with Gasteiger partial charge < -0.3 is 4.74 Å². The van der Waals surface area contributed by atoms with Crippen LogP contribution in [0.5, 0.6) is 5.75 Å². The lowest BCUT2D eigenvalue weighted by Gasteiger charge is -2.29. The molecule has 0 spiro atoms. The maximum absolute atomic E-state index is 14.4. The van der Waals surface area contributed by atoms with Crippen molar-refractivity contribution in [2.24, 2.45) is 22.0 Å². The first kappa shape index (κ1) is 33.1. The molecule has 0 radical (unpaired) electrons. The van der Waals surface area contributed by atoms with E-state index < -0.39 is 17.8 Å². The molecule has 46 heavy (non-hydrogen) atoms. The van der Waals surface area contributed by atoms with Crippen LogP contribution in [0.3, 0.4) is 0 Å². The number of hydrogen-bond donors (Lipinski definition) is 0. The van der Waals surface area contributed by atoms with Gasteiger partial charge in [0.15, 0.2) is 0 Å². The molecule has 2 aliphatic rings. The van der Waals surface area contributed by atoms with Gasteiger partial charge in [-0.25, -0.2) is 10.0 Å². The first-order valence-electron chi connectivity index (χ1n) is 17.0. The predicted octanol–water partition coefficient (Wildman–Crippen LogP) is 8.98. The van der Waals surface area contributed by atoms with Crippen LogP contribution in [0.25, 0.3) is 0 Å². The lowest BCUT2D eigenvalue weighted by Crippen LogP contribution is -2.40. The molecular weight excluding hydrogens is 572 g/mol. The topological polar surface area (TPSA) is 74.6 Å². The number of carbonyl (C=O) groups excluding carboxylic acids is 2. The van der Waals surface area contributed by atoms with E-state index in [2.05, 4.69) is 6.92 Å². The summed E-state index contributed by atoms with van der Waals surface area (Å²) in [4.78, 5) is 28.8. The van der Waals surface area contributed by atoms with Gasteiger partial charge in [0.1, 0.15) is 5.75 Å². The molecule has 0 bridgehead atoms. The number of anilines is 2. The van der Waals surface area contributed by atoms with E-state index in [0.717, 1.165) is 51.7 Å². The summed E-state index contributed by atoms with van der Waals surface area (Å²) in [6.07, 6.45) is 8.43. The fourth-order valence-electron chi connectivity index (χ4n) is 6.51. The molecule has 0 aromatic heterocycles. The molecule has 0 fully saturated rings. The van der Waals surface area contributed by atoms with Crippen LogP contribution in [-0.2, 0) is 9.59 Å². The largest absolute Gasteiger partial charge is 0.494 e. The Bertz CT molecular complexity index is 1460. The highest BCUT2D eigenvalue weighted by molar-refractivity contribution is 6.20. The van der Waals surface area contributed by atoms with Crippen LogP contribution >= 0.6 is 0 Å². The number of carbonyl (C=O) groups is 2. The quantitative estimate of drug-likeness (QED) is 0.159. The molecule has 0 aliphatic carbocycles. The zero-order valence-electron chi connectivity index (χ0n) is 28.0. The Labute approximate surface area is 274 Å². The van der Waals surface area contributed by atoms with Gasteiger partial charge in [-0.3, -0.25) is 9.59 Å². The Morgan fingerprint density at radius 3 is 1.54 bits per heavy atom. The Morgan fingerprint density at radius 2 is 1.09 bits per heavy atom. The van der Waals surface area contributed by atoms with Crippen molar-refractivity contribution in [1.29, 1.82) is 0 Å². The second-order valence-electron chi connectivity index (χ2n) is 12.5. The van der Waals surface area contributed by atoms with Gasteiger partial charge in [-0.05, 0) is 75.1 Å². The molecule has 2 aliphatic heterocycles. The van der Waals surface area contributed by atoms with Crippen LogP contribution in [-0.4, -0.2) is 29.8 Å². The molecule has 2 amide bonds. The summed E-state index contributed by atoms with van der Waals surface area (Å²) in [5.74, 6) is -1.13. The number of hydrogen-bond acceptors (Lipinski definition) is 5. The number of hydrazone groups is 2. The van der Waals surface area contributed by atoms with Crippen LogP contribution in [0.15, 0.2) is 83.0 Å². The van der Waals surface area contributed by atoms with Gasteiger partial charge in [-0.15, -0.1) is 0 Å². The van der Waals surface area contributed by atoms with E-state index >= 15 is 0 Å². The maximum Gasteiger partial charge on any atom is 0.256 e. The smallest absolute Gasteiger partial charge is 0.256 e. The first-order valence-corrected chi connectivity index (χ1v) is 17.0. The average Bonchev–Trinajstić information content (AvgIpc) is 3.58. The van der Waals surface area contributed by atoms with Crippen molar-refractivity contribution in [2.75, 3.05) is 16.6 Å². The summed E-state index contributed by atoms with van der Waals surface area (Å²) in [5, 5.41) is 12.8. The van der Waals surface area contributed by atoms with Gasteiger partial charge in [0, 0.05) is 5.92 Å². The molecule has 7 nitrogen and oxygen atoms in total. The van der Waals surface area contributed by atoms with E-state index in [1.165, 1.54) is 42.1 Å². The Hall–Kier alpha value is -4.26. The summed E-state index contributed by atoms with van der Waals surface area (Å²) >= 11 is 0. The minimum Gasteiger partial charge on any atom is -0.494 e. The highest BCUT2D eigenvalue weighted by atomic mass is 16.5. The van der Waals surface area contributed by atoms with Gasteiger partial charge in [0.2, 0.25) is 0 Å². The number of ether oxygens (including phenoxy) is 1. The Kier molecular flexibility index (Phi) is 11.1. The molecule has 5 rings (SSSR count). The monoisotopic (exact) mass is 620 g/mol. The van der Waals surface area contributed by atoms with Gasteiger partial charge in [-0.1, -0.05) is 100 Å². The first-order chi connectivity index (χ1) is 22.4. The second-order valence-corrected chi connectivity index (χ2v) is 12.5. The molecule has 3 aromatic carbocycles. The lowest BCUT2D eigenvalue weighted by atomic mass is 9.71. The SMILES string of the molecule is CCCCCCCCOc1ccc(C(C2C(=O)N(c3ccc(C)cc3)N=C2CC)C2C(=O)N(c3ccc(C)cc3)N=C2CC)cc1. The average molecular weight is 621 g/mol. The van der Waals surface area contributed by atoms with Crippen molar-refractivity contribution in [1.82, 2.24) is 0 Å². The van der Waals surface area contributed by atoms with Crippen molar-refractivity contribution < 1.29 is 14.3 Å². The van der Waals surface area contributed by atoms with E-state index in [-0.39, 0.29) is 11.8 Å². The third kappa shape index (κ3) is 7.24.